The van der Waals surface area contributed by atoms with Gasteiger partial charge >= 0.3 is 5.97 Å². The zero-order chi connectivity index (χ0) is 11.2. The molecule has 0 rings (SSSR count). The number of hydrogen-bond acceptors (Lipinski definition) is 5. The van der Waals surface area contributed by atoms with Crippen molar-refractivity contribution in [3.8, 4) is 0 Å². The number of ether oxygens (including phenoxy) is 1. The van der Waals surface area contributed by atoms with Crippen LogP contribution < -0.4 is 0 Å². The molecule has 0 N–H and O–H groups in total. The quantitative estimate of drug-likeness (QED) is 0.394. The van der Waals surface area contributed by atoms with E-state index < -0.39 is 27.4 Å². The van der Waals surface area contributed by atoms with E-state index in [0.29, 0.717) is 6.42 Å². The molecule has 0 bridgehead atoms. The topological polar surface area (TPSA) is 69.7 Å². The number of halogens is 1. The average Bonchev–Trinajstić information content (AvgIpc) is 2.13. The fourth-order valence-electron chi connectivity index (χ4n) is 0.605. The molecule has 0 unspecified atom stereocenters. The molecule has 0 fully saturated rings. The van der Waals surface area contributed by atoms with E-state index in [0.717, 1.165) is 0 Å². The third-order valence-corrected chi connectivity index (χ3v) is 2.86. The van der Waals surface area contributed by atoms with Gasteiger partial charge in [0.2, 0.25) is 0 Å². The molecule has 0 aromatic carbocycles. The van der Waals surface area contributed by atoms with E-state index in [1.54, 1.807) is 0 Å². The predicted molar refractivity (Wildman–Crippen MR) is 51.4 cm³/mol. The standard InChI is InChI=1S/C7H13ClO5S/c1-3-4-12-7(9)6(2)13-14(10,11)5-8/h6H,3-5H2,1-2H3/t6-/m1/s1. The minimum atomic E-state index is -3.82. The fourth-order valence-corrected chi connectivity index (χ4v) is 1.33. The fraction of sp³-hybridized carbons (Fsp3) is 0.857. The molecule has 0 aliphatic heterocycles. The van der Waals surface area contributed by atoms with E-state index >= 15 is 0 Å². The van der Waals surface area contributed by atoms with E-state index in [9.17, 15) is 13.2 Å². The molecule has 0 saturated heterocycles. The Balaban J connectivity index is 4.08. The van der Waals surface area contributed by atoms with Crippen molar-refractivity contribution < 1.29 is 22.1 Å². The van der Waals surface area contributed by atoms with Gasteiger partial charge in [-0.25, -0.2) is 4.79 Å². The lowest BCUT2D eigenvalue weighted by atomic mass is 10.4. The second-order valence-electron chi connectivity index (χ2n) is 2.57. The van der Waals surface area contributed by atoms with Gasteiger partial charge in [-0.1, -0.05) is 6.92 Å². The number of rotatable bonds is 6. The third kappa shape index (κ3) is 5.41. The molecule has 0 aliphatic carbocycles. The number of carbonyl (C=O) groups is 1. The number of hydrogen-bond donors (Lipinski definition) is 0. The van der Waals surface area contributed by atoms with Crippen LogP contribution in [-0.4, -0.2) is 32.3 Å². The summed E-state index contributed by atoms with van der Waals surface area (Å²) in [5.74, 6) is -0.708. The molecule has 0 aromatic rings. The summed E-state index contributed by atoms with van der Waals surface area (Å²) in [5, 5.41) is -0.682. The van der Waals surface area contributed by atoms with Crippen LogP contribution >= 0.6 is 11.6 Å². The molecule has 0 aromatic heterocycles. The van der Waals surface area contributed by atoms with Gasteiger partial charge in [0.25, 0.3) is 10.1 Å². The van der Waals surface area contributed by atoms with E-state index in [4.69, 9.17) is 11.6 Å². The summed E-state index contributed by atoms with van der Waals surface area (Å²) in [5.41, 5.74) is 0. The highest BCUT2D eigenvalue weighted by atomic mass is 35.5. The molecule has 0 aliphatic rings. The van der Waals surface area contributed by atoms with Crippen LogP contribution in [0, 0.1) is 0 Å². The van der Waals surface area contributed by atoms with Crippen molar-refractivity contribution in [2.75, 3.05) is 11.8 Å². The molecule has 0 radical (unpaired) electrons. The molecule has 0 amide bonds. The van der Waals surface area contributed by atoms with E-state index in [1.165, 1.54) is 6.92 Å². The van der Waals surface area contributed by atoms with Gasteiger partial charge in [-0.15, -0.1) is 11.6 Å². The van der Waals surface area contributed by atoms with Crippen LogP contribution in [0.15, 0.2) is 0 Å². The molecule has 5 nitrogen and oxygen atoms in total. The highest BCUT2D eigenvalue weighted by molar-refractivity contribution is 7.87. The summed E-state index contributed by atoms with van der Waals surface area (Å²) < 4.78 is 30.7. The molecule has 0 spiro atoms. The lowest BCUT2D eigenvalue weighted by Crippen LogP contribution is -2.27. The van der Waals surface area contributed by atoms with Gasteiger partial charge in [0.15, 0.2) is 6.10 Å². The SMILES string of the molecule is CCCOC(=O)[C@@H](C)OS(=O)(=O)CCl. The predicted octanol–water partition coefficient (Wildman–Crippen LogP) is 0.871. The number of esters is 1. The smallest absolute Gasteiger partial charge is 0.336 e. The number of alkyl halides is 1. The van der Waals surface area contributed by atoms with E-state index in [1.807, 2.05) is 6.92 Å². The average molecular weight is 245 g/mol. The summed E-state index contributed by atoms with van der Waals surface area (Å²) in [4.78, 5) is 11.0. The summed E-state index contributed by atoms with van der Waals surface area (Å²) in [6.07, 6.45) is -0.480. The minimum absolute atomic E-state index is 0.244. The molecule has 14 heavy (non-hydrogen) atoms. The van der Waals surface area contributed by atoms with Crippen molar-refractivity contribution >= 4 is 27.7 Å². The van der Waals surface area contributed by atoms with E-state index in [-0.39, 0.29) is 6.61 Å². The van der Waals surface area contributed by atoms with Crippen molar-refractivity contribution in [3.05, 3.63) is 0 Å². The summed E-state index contributed by atoms with van der Waals surface area (Å²) in [6, 6.07) is 0. The Bertz CT molecular complexity index is 274. The summed E-state index contributed by atoms with van der Waals surface area (Å²) >= 11 is 5.08. The molecule has 1 atom stereocenters. The van der Waals surface area contributed by atoms with Crippen molar-refractivity contribution in [3.63, 3.8) is 0 Å². The summed E-state index contributed by atoms with van der Waals surface area (Å²) in [6.45, 7) is 3.36. The Labute approximate surface area is 88.5 Å². The van der Waals surface area contributed by atoms with Crippen LogP contribution in [0.2, 0.25) is 0 Å². The molecule has 84 valence electrons. The Kier molecular flexibility index (Phi) is 6.06. The zero-order valence-corrected chi connectivity index (χ0v) is 9.60. The van der Waals surface area contributed by atoms with Crippen LogP contribution in [0.25, 0.3) is 0 Å². The van der Waals surface area contributed by atoms with Crippen LogP contribution in [0.4, 0.5) is 0 Å². The molecule has 0 saturated carbocycles. The molecule has 7 heteroatoms. The monoisotopic (exact) mass is 244 g/mol. The van der Waals surface area contributed by atoms with Gasteiger partial charge < -0.3 is 4.74 Å². The largest absolute Gasteiger partial charge is 0.464 e. The Morgan fingerprint density at radius 1 is 1.50 bits per heavy atom. The van der Waals surface area contributed by atoms with Gasteiger partial charge in [0, 0.05) is 0 Å². The third-order valence-electron chi connectivity index (χ3n) is 1.20. The van der Waals surface area contributed by atoms with Crippen LogP contribution in [0.5, 0.6) is 0 Å². The van der Waals surface area contributed by atoms with Gasteiger partial charge in [0.05, 0.1) is 6.61 Å². The molecular formula is C7H13ClO5S. The number of carbonyl (C=O) groups excluding carboxylic acids is 1. The van der Waals surface area contributed by atoms with Crippen LogP contribution in [-0.2, 0) is 23.8 Å². The maximum atomic E-state index is 11.0. The minimum Gasteiger partial charge on any atom is -0.464 e. The second-order valence-corrected chi connectivity index (χ2v) is 4.75. The highest BCUT2D eigenvalue weighted by Gasteiger charge is 2.22. The Morgan fingerprint density at radius 2 is 2.07 bits per heavy atom. The van der Waals surface area contributed by atoms with Gasteiger partial charge in [0.1, 0.15) is 5.21 Å². The van der Waals surface area contributed by atoms with Gasteiger partial charge in [-0.3, -0.25) is 4.18 Å². The molecular weight excluding hydrogens is 232 g/mol. The molecule has 0 heterocycles. The first kappa shape index (κ1) is 13.7. The van der Waals surface area contributed by atoms with Crippen LogP contribution in [0.3, 0.4) is 0 Å². The lowest BCUT2D eigenvalue weighted by molar-refractivity contribution is -0.150. The van der Waals surface area contributed by atoms with Crippen LogP contribution in [0.1, 0.15) is 20.3 Å². The maximum absolute atomic E-state index is 11.0. The van der Waals surface area contributed by atoms with Crippen molar-refractivity contribution in [1.82, 2.24) is 0 Å². The van der Waals surface area contributed by atoms with Crippen molar-refractivity contribution in [2.24, 2.45) is 0 Å². The highest BCUT2D eigenvalue weighted by Crippen LogP contribution is 2.04. The van der Waals surface area contributed by atoms with Crippen molar-refractivity contribution in [2.45, 2.75) is 26.4 Å². The first-order chi connectivity index (χ1) is 6.43. The normalized spacial score (nSPS) is 13.6. The van der Waals surface area contributed by atoms with E-state index in [2.05, 4.69) is 8.92 Å². The Hall–Kier alpha value is -0.330. The first-order valence-corrected chi connectivity index (χ1v) is 6.17. The van der Waals surface area contributed by atoms with Crippen molar-refractivity contribution in [1.29, 1.82) is 0 Å². The zero-order valence-electron chi connectivity index (χ0n) is 8.03. The van der Waals surface area contributed by atoms with Gasteiger partial charge in [-0.05, 0) is 13.3 Å². The van der Waals surface area contributed by atoms with Gasteiger partial charge in [-0.2, -0.15) is 8.42 Å². The summed E-state index contributed by atoms with van der Waals surface area (Å²) in [7, 11) is -3.82. The maximum Gasteiger partial charge on any atom is 0.336 e. The lowest BCUT2D eigenvalue weighted by Gasteiger charge is -2.10. The Morgan fingerprint density at radius 3 is 2.50 bits per heavy atom. The second kappa shape index (κ2) is 6.21. The first-order valence-electron chi connectivity index (χ1n) is 4.06.